The molecule has 1 N–H and O–H groups in total. The van der Waals surface area contributed by atoms with Crippen LogP contribution in [0.3, 0.4) is 0 Å². The monoisotopic (exact) mass is 228 g/mol. The molecule has 0 unspecified atom stereocenters. The minimum absolute atomic E-state index is 0.154. The largest absolute Gasteiger partial charge is 0.463 e. The molecule has 2 aromatic rings. The van der Waals surface area contributed by atoms with Crippen molar-refractivity contribution in [2.45, 2.75) is 6.42 Å². The predicted molar refractivity (Wildman–Crippen MR) is 64.6 cm³/mol. The number of carbonyl (C=O) groups excluding carboxylic acids is 1. The van der Waals surface area contributed by atoms with Crippen molar-refractivity contribution in [3.05, 3.63) is 60.1 Å². The maximum Gasteiger partial charge on any atom is 0.244 e. The molecule has 86 valence electrons. The lowest BCUT2D eigenvalue weighted by Gasteiger charge is -1.99. The number of furan rings is 1. The summed E-state index contributed by atoms with van der Waals surface area (Å²) in [5.74, 6) is 0.448. The predicted octanol–water partition coefficient (Wildman–Crippen LogP) is 1.97. The minimum Gasteiger partial charge on any atom is -0.463 e. The van der Waals surface area contributed by atoms with Gasteiger partial charge in [-0.3, -0.25) is 4.79 Å². The van der Waals surface area contributed by atoms with Gasteiger partial charge in [-0.2, -0.15) is 5.10 Å². The van der Waals surface area contributed by atoms with E-state index in [1.807, 2.05) is 30.3 Å². The van der Waals surface area contributed by atoms with Crippen LogP contribution < -0.4 is 5.43 Å². The summed E-state index contributed by atoms with van der Waals surface area (Å²) in [6.07, 6.45) is 3.33. The van der Waals surface area contributed by atoms with Crippen molar-refractivity contribution in [3.63, 3.8) is 0 Å². The Morgan fingerprint density at radius 2 is 2.06 bits per heavy atom. The van der Waals surface area contributed by atoms with Crippen LogP contribution in [0.4, 0.5) is 0 Å². The van der Waals surface area contributed by atoms with Gasteiger partial charge in [0.15, 0.2) is 0 Å². The van der Waals surface area contributed by atoms with Crippen LogP contribution in [0.15, 0.2) is 58.2 Å². The van der Waals surface area contributed by atoms with Crippen LogP contribution >= 0.6 is 0 Å². The molecular weight excluding hydrogens is 216 g/mol. The summed E-state index contributed by atoms with van der Waals surface area (Å²) >= 11 is 0. The highest BCUT2D eigenvalue weighted by Crippen LogP contribution is 1.99. The van der Waals surface area contributed by atoms with E-state index in [9.17, 15) is 4.79 Å². The van der Waals surface area contributed by atoms with Crippen LogP contribution in [0.1, 0.15) is 11.3 Å². The number of hydrogen-bond acceptors (Lipinski definition) is 3. The van der Waals surface area contributed by atoms with Gasteiger partial charge in [-0.15, -0.1) is 0 Å². The molecule has 0 bridgehead atoms. The van der Waals surface area contributed by atoms with Crippen LogP contribution in [0.25, 0.3) is 0 Å². The molecule has 0 radical (unpaired) electrons. The molecule has 2 rings (SSSR count). The lowest BCUT2D eigenvalue weighted by Crippen LogP contribution is -2.19. The van der Waals surface area contributed by atoms with E-state index in [1.54, 1.807) is 18.4 Å². The van der Waals surface area contributed by atoms with Crippen LogP contribution in [-0.4, -0.2) is 12.1 Å². The third kappa shape index (κ3) is 3.61. The maximum absolute atomic E-state index is 11.5. The molecule has 0 aliphatic rings. The van der Waals surface area contributed by atoms with Crippen molar-refractivity contribution < 1.29 is 9.21 Å². The molecule has 0 atom stereocenters. The molecule has 0 spiro atoms. The topological polar surface area (TPSA) is 54.6 Å². The Kier molecular flexibility index (Phi) is 3.70. The second-order valence-corrected chi connectivity index (χ2v) is 3.47. The third-order valence-corrected chi connectivity index (χ3v) is 2.13. The summed E-state index contributed by atoms with van der Waals surface area (Å²) in [6, 6.07) is 13.0. The molecule has 0 aliphatic heterocycles. The molecule has 1 amide bonds. The van der Waals surface area contributed by atoms with Gasteiger partial charge < -0.3 is 4.42 Å². The quantitative estimate of drug-likeness (QED) is 0.642. The Balaban J connectivity index is 1.82. The molecule has 17 heavy (non-hydrogen) atoms. The van der Waals surface area contributed by atoms with Crippen LogP contribution in [0, 0.1) is 0 Å². The smallest absolute Gasteiger partial charge is 0.244 e. The Bertz CT molecular complexity index is 489. The van der Waals surface area contributed by atoms with Gasteiger partial charge in [-0.1, -0.05) is 30.3 Å². The summed E-state index contributed by atoms with van der Waals surface area (Å²) < 4.78 is 5.03. The number of benzene rings is 1. The fourth-order valence-corrected chi connectivity index (χ4v) is 1.35. The lowest BCUT2D eigenvalue weighted by molar-refractivity contribution is -0.120. The molecular formula is C13H12N2O2. The van der Waals surface area contributed by atoms with Gasteiger partial charge in [0.1, 0.15) is 5.76 Å². The summed E-state index contributed by atoms with van der Waals surface area (Å²) in [6.45, 7) is 0. The summed E-state index contributed by atoms with van der Waals surface area (Å²) in [5, 5.41) is 3.79. The van der Waals surface area contributed by atoms with Crippen molar-refractivity contribution in [3.8, 4) is 0 Å². The van der Waals surface area contributed by atoms with E-state index >= 15 is 0 Å². The molecule has 0 aliphatic carbocycles. The average molecular weight is 228 g/mol. The van der Waals surface area contributed by atoms with E-state index in [0.29, 0.717) is 12.2 Å². The summed E-state index contributed by atoms with van der Waals surface area (Å²) in [5.41, 5.74) is 3.40. The van der Waals surface area contributed by atoms with Crippen molar-refractivity contribution in [1.82, 2.24) is 5.43 Å². The molecule has 1 aromatic carbocycles. The Hall–Kier alpha value is -2.36. The summed E-state index contributed by atoms with van der Waals surface area (Å²) in [4.78, 5) is 11.5. The minimum atomic E-state index is -0.154. The third-order valence-electron chi connectivity index (χ3n) is 2.13. The zero-order chi connectivity index (χ0) is 11.9. The fraction of sp³-hybridized carbons (Fsp3) is 0.0769. The number of carbonyl (C=O) groups is 1. The molecule has 4 heteroatoms. The number of rotatable bonds is 4. The van der Waals surface area contributed by atoms with E-state index < -0.39 is 0 Å². The van der Waals surface area contributed by atoms with Crippen LogP contribution in [-0.2, 0) is 11.2 Å². The lowest BCUT2D eigenvalue weighted by atomic mass is 10.1. The first kappa shape index (κ1) is 11.1. The van der Waals surface area contributed by atoms with Gasteiger partial charge in [-0.05, 0) is 17.7 Å². The van der Waals surface area contributed by atoms with Gasteiger partial charge in [0.2, 0.25) is 5.91 Å². The van der Waals surface area contributed by atoms with Crippen molar-refractivity contribution in [2.24, 2.45) is 5.10 Å². The van der Waals surface area contributed by atoms with Gasteiger partial charge in [-0.25, -0.2) is 5.43 Å². The summed E-state index contributed by atoms with van der Waals surface area (Å²) in [7, 11) is 0. The highest BCUT2D eigenvalue weighted by Gasteiger charge is 2.00. The highest BCUT2D eigenvalue weighted by atomic mass is 16.3. The molecule has 0 saturated carbocycles. The number of amides is 1. The average Bonchev–Trinajstić information content (AvgIpc) is 2.83. The normalized spacial score (nSPS) is 10.6. The van der Waals surface area contributed by atoms with Crippen molar-refractivity contribution in [1.29, 1.82) is 0 Å². The number of nitrogens with one attached hydrogen (secondary N) is 1. The molecule has 0 fully saturated rings. The molecule has 4 nitrogen and oxygen atoms in total. The van der Waals surface area contributed by atoms with Gasteiger partial charge >= 0.3 is 0 Å². The van der Waals surface area contributed by atoms with Crippen LogP contribution in [0.2, 0.25) is 0 Å². The maximum atomic E-state index is 11.5. The number of hydrazone groups is 1. The first-order valence-corrected chi connectivity index (χ1v) is 5.24. The van der Waals surface area contributed by atoms with E-state index in [2.05, 4.69) is 10.5 Å². The standard InChI is InChI=1S/C13H12N2O2/c16-13(9-11-5-2-1-3-6-11)15-14-10-12-7-4-8-17-12/h1-8,10H,9H2,(H,15,16). The zero-order valence-corrected chi connectivity index (χ0v) is 9.17. The number of nitrogens with zero attached hydrogens (tertiary/aromatic N) is 1. The van der Waals surface area contributed by atoms with Crippen molar-refractivity contribution in [2.75, 3.05) is 0 Å². The molecule has 1 aromatic heterocycles. The van der Waals surface area contributed by atoms with E-state index in [1.165, 1.54) is 6.21 Å². The van der Waals surface area contributed by atoms with Crippen LogP contribution in [0.5, 0.6) is 0 Å². The van der Waals surface area contributed by atoms with E-state index in [0.717, 1.165) is 5.56 Å². The zero-order valence-electron chi connectivity index (χ0n) is 9.17. The van der Waals surface area contributed by atoms with Gasteiger partial charge in [0, 0.05) is 0 Å². The first-order valence-electron chi connectivity index (χ1n) is 5.24. The van der Waals surface area contributed by atoms with Gasteiger partial charge in [0.05, 0.1) is 18.9 Å². The second kappa shape index (κ2) is 5.65. The highest BCUT2D eigenvalue weighted by molar-refractivity contribution is 5.81. The Morgan fingerprint density at radius 3 is 2.76 bits per heavy atom. The van der Waals surface area contributed by atoms with Gasteiger partial charge in [0.25, 0.3) is 0 Å². The van der Waals surface area contributed by atoms with E-state index in [-0.39, 0.29) is 5.91 Å². The van der Waals surface area contributed by atoms with E-state index in [4.69, 9.17) is 4.42 Å². The molecule has 1 heterocycles. The number of hydrogen-bond donors (Lipinski definition) is 1. The van der Waals surface area contributed by atoms with Crippen molar-refractivity contribution >= 4 is 12.1 Å². The molecule has 0 saturated heterocycles. The fourth-order valence-electron chi connectivity index (χ4n) is 1.35. The SMILES string of the molecule is O=C(Cc1ccccc1)NN=Cc1ccco1. The Morgan fingerprint density at radius 1 is 1.24 bits per heavy atom. The second-order valence-electron chi connectivity index (χ2n) is 3.47. The first-order chi connectivity index (χ1) is 8.34. The Labute approximate surface area is 99.0 Å².